The number of carbonyl (C=O) groups excluding carboxylic acids is 1. The molecule has 0 aliphatic carbocycles. The number of esters is 1. The fourth-order valence-electron chi connectivity index (χ4n) is 0.975. The van der Waals surface area contributed by atoms with Crippen LogP contribution in [0.5, 0.6) is 0 Å². The molecule has 8 heteroatoms. The van der Waals surface area contributed by atoms with Crippen LogP contribution in [0.15, 0.2) is 0 Å². The number of hydrogen-bond donors (Lipinski definition) is 3. The summed E-state index contributed by atoms with van der Waals surface area (Å²) in [6.07, 6.45) is -0.543. The van der Waals surface area contributed by atoms with Gasteiger partial charge >= 0.3 is 5.97 Å². The largest absolute Gasteiger partial charge is 0.469 e. The lowest BCUT2D eigenvalue weighted by Crippen LogP contribution is -2.44. The first kappa shape index (κ1) is 16.3. The van der Waals surface area contributed by atoms with Gasteiger partial charge in [0.25, 0.3) is 0 Å². The lowest BCUT2D eigenvalue weighted by atomic mass is 10.2. The molecule has 0 rings (SSSR count). The molecule has 0 aromatic rings. The fraction of sp³-hybridized carbons (Fsp3) is 0.889. The second kappa shape index (κ2) is 7.59. The Balaban J connectivity index is 3.93. The first-order valence-corrected chi connectivity index (χ1v) is 6.91. The van der Waals surface area contributed by atoms with Crippen molar-refractivity contribution >= 4 is 16.0 Å². The number of nitrogens with one attached hydrogen (secondary N) is 1. The van der Waals surface area contributed by atoms with Crippen molar-refractivity contribution in [2.75, 3.05) is 19.4 Å². The predicted molar refractivity (Wildman–Crippen MR) is 62.7 cm³/mol. The highest BCUT2D eigenvalue weighted by molar-refractivity contribution is 7.89. The number of hydrogen-bond acceptors (Lipinski definition) is 6. The third kappa shape index (κ3) is 8.08. The van der Waals surface area contributed by atoms with E-state index in [4.69, 9.17) is 10.8 Å². The van der Waals surface area contributed by atoms with E-state index in [0.29, 0.717) is 0 Å². The molecule has 0 aromatic heterocycles. The normalized spacial score (nSPS) is 15.3. The molecule has 4 N–H and O–H groups in total. The Morgan fingerprint density at radius 3 is 2.59 bits per heavy atom. The molecule has 7 nitrogen and oxygen atoms in total. The summed E-state index contributed by atoms with van der Waals surface area (Å²) >= 11 is 0. The molecule has 17 heavy (non-hydrogen) atoms. The Bertz CT molecular complexity index is 328. The number of aliphatic hydroxyl groups is 1. The summed E-state index contributed by atoms with van der Waals surface area (Å²) in [7, 11) is -2.22. The standard InChI is InChI=1S/C9H20N2O5S/c1-7(12)8(10)6-11-17(14,15)5-3-4-9(13)16-2/h7-8,11-12H,3-6,10H2,1-2H3. The third-order valence-corrected chi connectivity index (χ3v) is 3.61. The summed E-state index contributed by atoms with van der Waals surface area (Å²) in [5, 5.41) is 9.08. The molecule has 102 valence electrons. The van der Waals surface area contributed by atoms with Crippen LogP contribution in [0.2, 0.25) is 0 Å². The topological polar surface area (TPSA) is 119 Å². The monoisotopic (exact) mass is 268 g/mol. The number of aliphatic hydroxyl groups excluding tert-OH is 1. The van der Waals surface area contributed by atoms with Gasteiger partial charge in [-0.2, -0.15) is 0 Å². The number of sulfonamides is 1. The first-order chi connectivity index (χ1) is 7.78. The van der Waals surface area contributed by atoms with E-state index in [9.17, 15) is 13.2 Å². The van der Waals surface area contributed by atoms with E-state index in [2.05, 4.69) is 9.46 Å². The molecule has 0 heterocycles. The van der Waals surface area contributed by atoms with Crippen LogP contribution in [0.1, 0.15) is 19.8 Å². The van der Waals surface area contributed by atoms with Gasteiger partial charge in [0.15, 0.2) is 0 Å². The minimum atomic E-state index is -3.46. The number of methoxy groups -OCH3 is 1. The van der Waals surface area contributed by atoms with E-state index in [1.54, 1.807) is 0 Å². The van der Waals surface area contributed by atoms with Gasteiger partial charge in [0.2, 0.25) is 10.0 Å². The molecule has 2 unspecified atom stereocenters. The highest BCUT2D eigenvalue weighted by Gasteiger charge is 2.15. The van der Waals surface area contributed by atoms with Crippen LogP contribution in [-0.2, 0) is 19.6 Å². The van der Waals surface area contributed by atoms with Gasteiger partial charge in [0, 0.05) is 19.0 Å². The maximum absolute atomic E-state index is 11.4. The van der Waals surface area contributed by atoms with Crippen molar-refractivity contribution in [3.63, 3.8) is 0 Å². The first-order valence-electron chi connectivity index (χ1n) is 5.26. The van der Waals surface area contributed by atoms with Crippen molar-refractivity contribution in [1.82, 2.24) is 4.72 Å². The Morgan fingerprint density at radius 2 is 2.12 bits per heavy atom. The second-order valence-corrected chi connectivity index (χ2v) is 5.68. The van der Waals surface area contributed by atoms with Crippen molar-refractivity contribution in [3.8, 4) is 0 Å². The van der Waals surface area contributed by atoms with E-state index in [0.717, 1.165) is 0 Å². The molecule has 0 radical (unpaired) electrons. The molecule has 0 aliphatic rings. The predicted octanol–water partition coefficient (Wildman–Crippen LogP) is -1.43. The molecule has 0 spiro atoms. The zero-order chi connectivity index (χ0) is 13.5. The van der Waals surface area contributed by atoms with Gasteiger partial charge in [-0.1, -0.05) is 0 Å². The Labute approximate surface area is 101 Å². The van der Waals surface area contributed by atoms with Crippen molar-refractivity contribution in [2.24, 2.45) is 5.73 Å². The van der Waals surface area contributed by atoms with Gasteiger partial charge < -0.3 is 15.6 Å². The van der Waals surface area contributed by atoms with Gasteiger partial charge in [0.1, 0.15) is 0 Å². The van der Waals surface area contributed by atoms with Crippen molar-refractivity contribution < 1.29 is 23.1 Å². The quantitative estimate of drug-likeness (QED) is 0.464. The molecular weight excluding hydrogens is 248 g/mol. The molecule has 0 fully saturated rings. The van der Waals surface area contributed by atoms with Crippen LogP contribution >= 0.6 is 0 Å². The second-order valence-electron chi connectivity index (χ2n) is 3.75. The Hall–Kier alpha value is -0.700. The van der Waals surface area contributed by atoms with E-state index in [1.807, 2.05) is 0 Å². The van der Waals surface area contributed by atoms with Crippen molar-refractivity contribution in [3.05, 3.63) is 0 Å². The van der Waals surface area contributed by atoms with Crippen molar-refractivity contribution in [1.29, 1.82) is 0 Å². The summed E-state index contributed by atoms with van der Waals surface area (Å²) in [6.45, 7) is 1.45. The van der Waals surface area contributed by atoms with E-state index < -0.39 is 28.1 Å². The summed E-state index contributed by atoms with van der Waals surface area (Å²) < 4.78 is 29.5. The summed E-state index contributed by atoms with van der Waals surface area (Å²) in [5.74, 6) is -0.616. The number of ether oxygens (including phenoxy) is 1. The average Bonchev–Trinajstić information content (AvgIpc) is 2.25. The van der Waals surface area contributed by atoms with Crippen LogP contribution in [0.3, 0.4) is 0 Å². The average molecular weight is 268 g/mol. The molecule has 2 atom stereocenters. The molecule has 0 aromatic carbocycles. The smallest absolute Gasteiger partial charge is 0.305 e. The molecule has 0 bridgehead atoms. The maximum atomic E-state index is 11.4. The summed E-state index contributed by atoms with van der Waals surface area (Å²) in [6, 6.07) is -0.648. The van der Waals surface area contributed by atoms with Crippen LogP contribution in [-0.4, -0.2) is 51.0 Å². The van der Waals surface area contributed by atoms with E-state index in [-0.39, 0.29) is 25.1 Å². The van der Waals surface area contributed by atoms with Gasteiger partial charge in [0.05, 0.1) is 19.0 Å². The fourth-order valence-corrected chi connectivity index (χ4v) is 2.09. The lowest BCUT2D eigenvalue weighted by Gasteiger charge is -2.15. The maximum Gasteiger partial charge on any atom is 0.305 e. The Morgan fingerprint density at radius 1 is 1.53 bits per heavy atom. The van der Waals surface area contributed by atoms with Gasteiger partial charge in [-0.25, -0.2) is 13.1 Å². The molecule has 0 amide bonds. The number of nitrogens with two attached hydrogens (primary N) is 1. The highest BCUT2D eigenvalue weighted by atomic mass is 32.2. The van der Waals surface area contributed by atoms with Crippen LogP contribution in [0.4, 0.5) is 0 Å². The Kier molecular flexibility index (Phi) is 7.28. The minimum Gasteiger partial charge on any atom is -0.469 e. The minimum absolute atomic E-state index is 0.0295. The third-order valence-electron chi connectivity index (χ3n) is 2.18. The van der Waals surface area contributed by atoms with E-state index in [1.165, 1.54) is 14.0 Å². The SMILES string of the molecule is COC(=O)CCCS(=O)(=O)NCC(N)C(C)O. The van der Waals surface area contributed by atoms with E-state index >= 15 is 0 Å². The van der Waals surface area contributed by atoms with Gasteiger partial charge in [-0.05, 0) is 13.3 Å². The van der Waals surface area contributed by atoms with Gasteiger partial charge in [-0.15, -0.1) is 0 Å². The molecule has 0 aliphatic heterocycles. The number of rotatable bonds is 8. The van der Waals surface area contributed by atoms with Crippen LogP contribution < -0.4 is 10.5 Å². The van der Waals surface area contributed by atoms with Crippen molar-refractivity contribution in [2.45, 2.75) is 31.9 Å². The van der Waals surface area contributed by atoms with Gasteiger partial charge in [-0.3, -0.25) is 4.79 Å². The summed E-state index contributed by atoms with van der Waals surface area (Å²) in [4.78, 5) is 10.8. The highest BCUT2D eigenvalue weighted by Crippen LogP contribution is 1.97. The zero-order valence-corrected chi connectivity index (χ0v) is 10.9. The number of carbonyl (C=O) groups is 1. The molecular formula is C9H20N2O5S. The van der Waals surface area contributed by atoms with Crippen LogP contribution in [0.25, 0.3) is 0 Å². The van der Waals surface area contributed by atoms with Crippen LogP contribution in [0, 0.1) is 0 Å². The zero-order valence-electron chi connectivity index (χ0n) is 10.0. The molecule has 0 saturated heterocycles. The summed E-state index contributed by atoms with van der Waals surface area (Å²) in [5.41, 5.74) is 5.47. The molecule has 0 saturated carbocycles. The lowest BCUT2D eigenvalue weighted by molar-refractivity contribution is -0.140.